The number of aryl methyl sites for hydroxylation is 1. The first-order valence-corrected chi connectivity index (χ1v) is 9.04. The van der Waals surface area contributed by atoms with E-state index in [9.17, 15) is 0 Å². The first kappa shape index (κ1) is 17.2. The number of hydrogen-bond acceptors (Lipinski definition) is 6. The Balaban J connectivity index is 2.51. The molecule has 0 saturated carbocycles. The van der Waals surface area contributed by atoms with Gasteiger partial charge in [0.05, 0.1) is 12.8 Å². The highest BCUT2D eigenvalue weighted by atomic mass is 28.4. The van der Waals surface area contributed by atoms with Crippen molar-refractivity contribution in [2.75, 3.05) is 19.8 Å². The van der Waals surface area contributed by atoms with E-state index >= 15 is 0 Å². The smallest absolute Gasteiger partial charge is 0.390 e. The van der Waals surface area contributed by atoms with Crippen LogP contribution in [0.5, 0.6) is 0 Å². The van der Waals surface area contributed by atoms with Crippen molar-refractivity contribution >= 4 is 8.80 Å². The van der Waals surface area contributed by atoms with Gasteiger partial charge >= 0.3 is 8.80 Å². The molecule has 0 saturated heterocycles. The van der Waals surface area contributed by atoms with Gasteiger partial charge in [0.15, 0.2) is 0 Å². The van der Waals surface area contributed by atoms with E-state index in [1.54, 1.807) is 10.9 Å². The van der Waals surface area contributed by atoms with Crippen molar-refractivity contribution in [3.63, 3.8) is 0 Å². The molecule has 1 rings (SSSR count). The van der Waals surface area contributed by atoms with E-state index in [-0.39, 0.29) is 6.61 Å². The second-order valence-electron chi connectivity index (χ2n) is 4.22. The maximum Gasteiger partial charge on any atom is 0.500 e. The van der Waals surface area contributed by atoms with Crippen molar-refractivity contribution in [2.24, 2.45) is 0 Å². The zero-order chi connectivity index (χ0) is 14.8. The lowest BCUT2D eigenvalue weighted by molar-refractivity contribution is 0.0704. The van der Waals surface area contributed by atoms with Gasteiger partial charge in [0, 0.05) is 32.4 Å². The molecule has 8 heteroatoms. The lowest BCUT2D eigenvalue weighted by Crippen LogP contribution is -2.46. The topological polar surface area (TPSA) is 78.6 Å². The molecule has 116 valence electrons. The van der Waals surface area contributed by atoms with Crippen LogP contribution in [0, 0.1) is 0 Å². The summed E-state index contributed by atoms with van der Waals surface area (Å²) >= 11 is 0. The molecule has 0 aromatic carbocycles. The number of aliphatic hydroxyl groups is 1. The van der Waals surface area contributed by atoms with Crippen LogP contribution in [0.25, 0.3) is 0 Å². The number of hydrogen-bond donors (Lipinski definition) is 1. The summed E-state index contributed by atoms with van der Waals surface area (Å²) in [6.45, 7) is 8.23. The van der Waals surface area contributed by atoms with E-state index in [2.05, 4.69) is 10.3 Å². The Hall–Kier alpha value is -0.803. The molecule has 0 bridgehead atoms. The molecule has 20 heavy (non-hydrogen) atoms. The van der Waals surface area contributed by atoms with Gasteiger partial charge in [-0.05, 0) is 27.2 Å². The number of aliphatic hydroxyl groups excluding tert-OH is 1. The van der Waals surface area contributed by atoms with Crippen LogP contribution in [-0.4, -0.2) is 48.7 Å². The normalized spacial score (nSPS) is 12.0. The third-order valence-corrected chi connectivity index (χ3v) is 5.86. The van der Waals surface area contributed by atoms with E-state index in [0.29, 0.717) is 32.1 Å². The van der Waals surface area contributed by atoms with Crippen LogP contribution >= 0.6 is 0 Å². The first-order valence-electron chi connectivity index (χ1n) is 7.11. The predicted octanol–water partition coefficient (Wildman–Crippen LogP) is 1.21. The highest BCUT2D eigenvalue weighted by molar-refractivity contribution is 6.60. The molecule has 0 fully saturated rings. The maximum atomic E-state index is 8.95. The predicted molar refractivity (Wildman–Crippen MR) is 76.0 cm³/mol. The minimum absolute atomic E-state index is 0.0878. The van der Waals surface area contributed by atoms with Gasteiger partial charge in [0.2, 0.25) is 0 Å². The molecule has 1 N–H and O–H groups in total. The zero-order valence-electron chi connectivity index (χ0n) is 12.5. The maximum absolute atomic E-state index is 8.95. The Labute approximate surface area is 121 Å². The van der Waals surface area contributed by atoms with Gasteiger partial charge in [-0.2, -0.15) is 0 Å². The van der Waals surface area contributed by atoms with Crippen LogP contribution < -0.4 is 0 Å². The van der Waals surface area contributed by atoms with Gasteiger partial charge in [0.25, 0.3) is 0 Å². The van der Waals surface area contributed by atoms with Crippen LogP contribution in [0.2, 0.25) is 6.04 Å². The van der Waals surface area contributed by atoms with Crippen LogP contribution in [0.15, 0.2) is 6.20 Å². The van der Waals surface area contributed by atoms with Crippen molar-refractivity contribution in [1.29, 1.82) is 0 Å². The number of rotatable bonds is 11. The molecule has 0 aliphatic heterocycles. The quantitative estimate of drug-likeness (QED) is 0.619. The second kappa shape index (κ2) is 9.19. The first-order chi connectivity index (χ1) is 9.69. The summed E-state index contributed by atoms with van der Waals surface area (Å²) in [5.41, 5.74) is 0.577. The van der Waals surface area contributed by atoms with Crippen LogP contribution in [0.3, 0.4) is 0 Å². The van der Waals surface area contributed by atoms with Gasteiger partial charge < -0.3 is 18.4 Å². The summed E-state index contributed by atoms with van der Waals surface area (Å²) < 4.78 is 19.1. The lowest BCUT2D eigenvalue weighted by atomic mass is 10.5. The molecule has 0 spiro atoms. The Morgan fingerprint density at radius 2 is 1.75 bits per heavy atom. The highest BCUT2D eigenvalue weighted by Crippen LogP contribution is 2.18. The summed E-state index contributed by atoms with van der Waals surface area (Å²) in [5, 5.41) is 16.7. The molecule has 0 atom stereocenters. The number of aromatic nitrogens is 3. The van der Waals surface area contributed by atoms with E-state index in [1.807, 2.05) is 20.8 Å². The van der Waals surface area contributed by atoms with E-state index in [1.165, 1.54) is 0 Å². The Morgan fingerprint density at radius 3 is 2.20 bits per heavy atom. The Kier molecular flexibility index (Phi) is 7.93. The van der Waals surface area contributed by atoms with E-state index < -0.39 is 8.80 Å². The van der Waals surface area contributed by atoms with Crippen LogP contribution in [0.4, 0.5) is 0 Å². The summed E-state index contributed by atoms with van der Waals surface area (Å²) in [4.78, 5) is 0. The fourth-order valence-corrected chi connectivity index (χ4v) is 4.57. The van der Waals surface area contributed by atoms with Crippen molar-refractivity contribution in [3.05, 3.63) is 11.9 Å². The number of nitrogens with zero attached hydrogens (tertiary/aromatic N) is 3. The van der Waals surface area contributed by atoms with Gasteiger partial charge in [-0.3, -0.25) is 4.68 Å². The molecular weight excluding hydrogens is 278 g/mol. The average Bonchev–Trinajstić information content (AvgIpc) is 2.88. The molecule has 0 aliphatic rings. The zero-order valence-corrected chi connectivity index (χ0v) is 13.5. The highest BCUT2D eigenvalue weighted by Gasteiger charge is 2.39. The van der Waals surface area contributed by atoms with Crippen molar-refractivity contribution in [1.82, 2.24) is 15.0 Å². The molecule has 0 unspecified atom stereocenters. The third kappa shape index (κ3) is 5.29. The molecule has 0 aliphatic carbocycles. The molecule has 1 aromatic heterocycles. The molecule has 1 aromatic rings. The van der Waals surface area contributed by atoms with Crippen molar-refractivity contribution in [3.8, 4) is 0 Å². The summed E-state index contributed by atoms with van der Waals surface area (Å²) in [5.74, 6) is 0. The van der Waals surface area contributed by atoms with Gasteiger partial charge in [0.1, 0.15) is 5.69 Å². The monoisotopic (exact) mass is 303 g/mol. The molecule has 0 radical (unpaired) electrons. The summed E-state index contributed by atoms with van der Waals surface area (Å²) in [6, 6.07) is 0.747. The van der Waals surface area contributed by atoms with Crippen molar-refractivity contribution < 1.29 is 18.4 Å². The lowest BCUT2D eigenvalue weighted by Gasteiger charge is -2.28. The van der Waals surface area contributed by atoms with Gasteiger partial charge in [-0.15, -0.1) is 5.10 Å². The van der Waals surface area contributed by atoms with Crippen molar-refractivity contribution in [2.45, 2.75) is 46.4 Å². The SMILES string of the molecule is CCO[Si](CCCn1cc(CO)nn1)(OCC)OCC. The van der Waals surface area contributed by atoms with Crippen LogP contribution in [0.1, 0.15) is 32.9 Å². The molecule has 7 nitrogen and oxygen atoms in total. The van der Waals surface area contributed by atoms with E-state index in [4.69, 9.17) is 18.4 Å². The Morgan fingerprint density at radius 1 is 1.15 bits per heavy atom. The minimum Gasteiger partial charge on any atom is -0.390 e. The Bertz CT molecular complexity index is 358. The molecule has 1 heterocycles. The fraction of sp³-hybridized carbons (Fsp3) is 0.833. The molecule has 0 amide bonds. The summed E-state index contributed by atoms with van der Waals surface area (Å²) in [6.07, 6.45) is 2.58. The van der Waals surface area contributed by atoms with Crippen LogP contribution in [-0.2, 0) is 26.4 Å². The van der Waals surface area contributed by atoms with Gasteiger partial charge in [-0.1, -0.05) is 5.21 Å². The molecular formula is C12H25N3O4Si. The van der Waals surface area contributed by atoms with Gasteiger partial charge in [-0.25, -0.2) is 0 Å². The fourth-order valence-electron chi connectivity index (χ4n) is 1.98. The summed E-state index contributed by atoms with van der Waals surface area (Å²) in [7, 11) is -2.56. The third-order valence-electron chi connectivity index (χ3n) is 2.71. The standard InChI is InChI=1S/C12H25N3O4Si/c1-4-17-20(18-5-2,19-6-3)9-7-8-15-10-12(11-16)13-14-15/h10,16H,4-9,11H2,1-3H3. The largest absolute Gasteiger partial charge is 0.500 e. The second-order valence-corrected chi connectivity index (χ2v) is 6.95. The van der Waals surface area contributed by atoms with E-state index in [0.717, 1.165) is 12.5 Å². The minimum atomic E-state index is -2.56. The average molecular weight is 303 g/mol.